The van der Waals surface area contributed by atoms with Crippen molar-refractivity contribution in [2.24, 2.45) is 0 Å². The summed E-state index contributed by atoms with van der Waals surface area (Å²) < 4.78 is 0.934. The molecule has 0 saturated carbocycles. The van der Waals surface area contributed by atoms with Gasteiger partial charge in [-0.05, 0) is 35.7 Å². The highest BCUT2D eigenvalue weighted by molar-refractivity contribution is 9.10. The van der Waals surface area contributed by atoms with Gasteiger partial charge in [0.05, 0.1) is 5.75 Å². The van der Waals surface area contributed by atoms with E-state index >= 15 is 0 Å². The summed E-state index contributed by atoms with van der Waals surface area (Å²) in [5.74, 6) is 0.286. The monoisotopic (exact) mass is 405 g/mol. The maximum atomic E-state index is 12.1. The van der Waals surface area contributed by atoms with Crippen LogP contribution >= 0.6 is 39.3 Å². The normalized spacial score (nSPS) is 10.7. The fraction of sp³-hybridized carbons (Fsp3) is 0.0556. The van der Waals surface area contributed by atoms with Gasteiger partial charge in [0.2, 0.25) is 5.91 Å². The summed E-state index contributed by atoms with van der Waals surface area (Å²) >= 11 is 11.2. The molecule has 116 valence electrons. The van der Waals surface area contributed by atoms with Gasteiger partial charge in [0.15, 0.2) is 0 Å². The molecule has 3 rings (SSSR count). The maximum absolute atomic E-state index is 12.1. The molecule has 23 heavy (non-hydrogen) atoms. The van der Waals surface area contributed by atoms with Crippen LogP contribution in [0.15, 0.2) is 70.0 Å². The van der Waals surface area contributed by atoms with Crippen LogP contribution in [0.3, 0.4) is 0 Å². The van der Waals surface area contributed by atoms with Crippen LogP contribution in [-0.4, -0.2) is 11.7 Å². The third-order valence-electron chi connectivity index (χ3n) is 3.28. The molecule has 0 atom stereocenters. The summed E-state index contributed by atoms with van der Waals surface area (Å²) in [6, 6.07) is 19.4. The number of halogens is 2. The van der Waals surface area contributed by atoms with Crippen molar-refractivity contribution in [1.29, 1.82) is 0 Å². The molecule has 3 aromatic carbocycles. The molecule has 0 spiro atoms. The average molecular weight is 407 g/mol. The van der Waals surface area contributed by atoms with Gasteiger partial charge in [0, 0.05) is 25.5 Å². The van der Waals surface area contributed by atoms with Crippen LogP contribution in [0, 0.1) is 0 Å². The van der Waals surface area contributed by atoms with Crippen LogP contribution in [0.4, 0.5) is 5.69 Å². The molecule has 0 fully saturated rings. The predicted molar refractivity (Wildman–Crippen MR) is 102 cm³/mol. The second-order valence-corrected chi connectivity index (χ2v) is 7.28. The topological polar surface area (TPSA) is 29.1 Å². The summed E-state index contributed by atoms with van der Waals surface area (Å²) in [5, 5.41) is 5.68. The number of benzene rings is 3. The number of thioether (sulfide) groups is 1. The molecule has 0 radical (unpaired) electrons. The Bertz CT molecular complexity index is 863. The molecule has 1 N–H and O–H groups in total. The highest BCUT2D eigenvalue weighted by Crippen LogP contribution is 2.33. The quantitative estimate of drug-likeness (QED) is 0.539. The lowest BCUT2D eigenvalue weighted by Crippen LogP contribution is -2.13. The Hall–Kier alpha value is -1.49. The van der Waals surface area contributed by atoms with Crippen LogP contribution in [0.1, 0.15) is 0 Å². The minimum Gasteiger partial charge on any atom is -0.325 e. The molecule has 0 aliphatic heterocycles. The zero-order chi connectivity index (χ0) is 16.2. The van der Waals surface area contributed by atoms with E-state index in [1.165, 1.54) is 11.8 Å². The van der Waals surface area contributed by atoms with Gasteiger partial charge in [-0.2, -0.15) is 0 Å². The lowest BCUT2D eigenvalue weighted by atomic mass is 10.1. The number of rotatable bonds is 4. The molecule has 3 aromatic rings. The maximum Gasteiger partial charge on any atom is 0.234 e. The molecule has 0 aromatic heterocycles. The molecule has 0 unspecified atom stereocenters. The number of nitrogens with one attached hydrogen (secondary N) is 1. The zero-order valence-corrected chi connectivity index (χ0v) is 15.2. The van der Waals surface area contributed by atoms with E-state index in [0.717, 1.165) is 25.8 Å². The molecule has 0 bridgehead atoms. The largest absolute Gasteiger partial charge is 0.325 e. The van der Waals surface area contributed by atoms with Crippen LogP contribution in [0.5, 0.6) is 0 Å². The molecule has 1 amide bonds. The van der Waals surface area contributed by atoms with Crippen molar-refractivity contribution in [2.75, 3.05) is 11.1 Å². The highest BCUT2D eigenvalue weighted by atomic mass is 79.9. The van der Waals surface area contributed by atoms with Crippen molar-refractivity contribution < 1.29 is 4.79 Å². The number of amides is 1. The van der Waals surface area contributed by atoms with Gasteiger partial charge >= 0.3 is 0 Å². The second-order valence-electron chi connectivity index (χ2n) is 4.94. The van der Waals surface area contributed by atoms with Crippen LogP contribution in [0.2, 0.25) is 5.02 Å². The third kappa shape index (κ3) is 4.08. The molecule has 0 saturated heterocycles. The van der Waals surface area contributed by atoms with Crippen molar-refractivity contribution in [2.45, 2.75) is 4.90 Å². The van der Waals surface area contributed by atoms with Crippen LogP contribution < -0.4 is 5.32 Å². The first-order valence-corrected chi connectivity index (χ1v) is 9.14. The van der Waals surface area contributed by atoms with Crippen molar-refractivity contribution in [3.8, 4) is 0 Å². The summed E-state index contributed by atoms with van der Waals surface area (Å²) in [4.78, 5) is 13.1. The lowest BCUT2D eigenvalue weighted by molar-refractivity contribution is -0.113. The summed E-state index contributed by atoms with van der Waals surface area (Å²) in [6.07, 6.45) is 0. The molecule has 2 nitrogen and oxygen atoms in total. The van der Waals surface area contributed by atoms with E-state index in [2.05, 4.69) is 21.2 Å². The Labute approximate surface area is 152 Å². The average Bonchev–Trinajstić information content (AvgIpc) is 2.53. The highest BCUT2D eigenvalue weighted by Gasteiger charge is 2.08. The summed E-state index contributed by atoms with van der Waals surface area (Å²) in [6.45, 7) is 0. The van der Waals surface area contributed by atoms with Gasteiger partial charge in [0.25, 0.3) is 0 Å². The van der Waals surface area contributed by atoms with E-state index in [0.29, 0.717) is 10.8 Å². The van der Waals surface area contributed by atoms with E-state index in [1.807, 2.05) is 60.7 Å². The minimum atomic E-state index is -0.0443. The first kappa shape index (κ1) is 16.4. The van der Waals surface area contributed by atoms with E-state index in [-0.39, 0.29) is 5.91 Å². The smallest absolute Gasteiger partial charge is 0.234 e. The Morgan fingerprint density at radius 2 is 1.83 bits per heavy atom. The first-order chi connectivity index (χ1) is 11.1. The summed E-state index contributed by atoms with van der Waals surface area (Å²) in [5.41, 5.74) is 0.779. The number of carbonyl (C=O) groups excluding carboxylic acids is 1. The van der Waals surface area contributed by atoms with E-state index < -0.39 is 0 Å². The van der Waals surface area contributed by atoms with Gasteiger partial charge < -0.3 is 5.32 Å². The number of carbonyl (C=O) groups is 1. The standard InChI is InChI=1S/C18H13BrClNOS/c19-13-6-3-7-14(10-13)21-17(22)11-23-16-9-2-5-12-4-1-8-15(20)18(12)16/h1-10H,11H2,(H,21,22). The number of hydrogen-bond acceptors (Lipinski definition) is 2. The number of hydrogen-bond donors (Lipinski definition) is 1. The van der Waals surface area contributed by atoms with Crippen LogP contribution in [0.25, 0.3) is 10.8 Å². The molecule has 0 aliphatic rings. The van der Waals surface area contributed by atoms with E-state index in [4.69, 9.17) is 11.6 Å². The van der Waals surface area contributed by atoms with Crippen molar-refractivity contribution in [3.05, 3.63) is 70.2 Å². The van der Waals surface area contributed by atoms with Gasteiger partial charge in [0.1, 0.15) is 0 Å². The molecular formula is C18H13BrClNOS. The van der Waals surface area contributed by atoms with Crippen molar-refractivity contribution in [3.63, 3.8) is 0 Å². The first-order valence-electron chi connectivity index (χ1n) is 6.99. The number of anilines is 1. The SMILES string of the molecule is O=C(CSc1cccc2cccc(Cl)c12)Nc1cccc(Br)c1. The van der Waals surface area contributed by atoms with E-state index in [9.17, 15) is 4.79 Å². The Kier molecular flexibility index (Phi) is 5.26. The fourth-order valence-corrected chi connectivity index (χ4v) is 3.93. The molecular weight excluding hydrogens is 394 g/mol. The lowest BCUT2D eigenvalue weighted by Gasteiger charge is -2.09. The van der Waals surface area contributed by atoms with Gasteiger partial charge in [-0.3, -0.25) is 4.79 Å². The second kappa shape index (κ2) is 7.39. The van der Waals surface area contributed by atoms with Crippen molar-refractivity contribution in [1.82, 2.24) is 0 Å². The van der Waals surface area contributed by atoms with Crippen LogP contribution in [-0.2, 0) is 4.79 Å². The molecule has 5 heteroatoms. The predicted octanol–water partition coefficient (Wildman–Crippen LogP) is 5.99. The van der Waals surface area contributed by atoms with Gasteiger partial charge in [-0.15, -0.1) is 11.8 Å². The fourth-order valence-electron chi connectivity index (χ4n) is 2.29. The number of fused-ring (bicyclic) bond motifs is 1. The Morgan fingerprint density at radius 3 is 2.61 bits per heavy atom. The van der Waals surface area contributed by atoms with Gasteiger partial charge in [-0.1, -0.05) is 57.9 Å². The minimum absolute atomic E-state index is 0.0443. The van der Waals surface area contributed by atoms with E-state index in [1.54, 1.807) is 0 Å². The third-order valence-corrected chi connectivity index (χ3v) is 5.15. The zero-order valence-electron chi connectivity index (χ0n) is 12.1. The Morgan fingerprint density at radius 1 is 1.09 bits per heavy atom. The Balaban J connectivity index is 1.72. The van der Waals surface area contributed by atoms with Crippen molar-refractivity contribution >= 4 is 61.7 Å². The summed E-state index contributed by atoms with van der Waals surface area (Å²) in [7, 11) is 0. The van der Waals surface area contributed by atoms with Gasteiger partial charge in [-0.25, -0.2) is 0 Å². The molecule has 0 aliphatic carbocycles. The molecule has 0 heterocycles.